The molecule has 5 nitrogen and oxygen atoms in total. The zero-order valence-corrected chi connectivity index (χ0v) is 11.3. The summed E-state index contributed by atoms with van der Waals surface area (Å²) in [6.45, 7) is 0. The molecule has 2 aromatic carbocycles. The van der Waals surface area contributed by atoms with Crippen LogP contribution in [0.1, 0.15) is 31.1 Å². The van der Waals surface area contributed by atoms with Crippen LogP contribution in [0.5, 0.6) is 0 Å². The van der Waals surface area contributed by atoms with Crippen LogP contribution >= 0.6 is 11.6 Å². The van der Waals surface area contributed by atoms with Crippen molar-refractivity contribution < 1.29 is 19.5 Å². The number of hydrogen-bond donors (Lipinski definition) is 1. The van der Waals surface area contributed by atoms with Crippen molar-refractivity contribution in [3.05, 3.63) is 64.2 Å². The number of carbonyl (C=O) groups excluding carboxylic acids is 2. The minimum Gasteiger partial charge on any atom is -0.478 e. The van der Waals surface area contributed by atoms with E-state index in [1.54, 1.807) is 12.1 Å². The molecule has 0 unspecified atom stereocenters. The summed E-state index contributed by atoms with van der Waals surface area (Å²) in [5.41, 5.74) is 0.313. The molecule has 0 aromatic heterocycles. The predicted octanol–water partition coefficient (Wildman–Crippen LogP) is 2.84. The first-order chi connectivity index (χ1) is 10.0. The van der Waals surface area contributed by atoms with Gasteiger partial charge in [0.2, 0.25) is 0 Å². The summed E-state index contributed by atoms with van der Waals surface area (Å²) in [4.78, 5) is 36.9. The highest BCUT2D eigenvalue weighted by Crippen LogP contribution is 2.32. The number of rotatable bonds is 2. The third-order valence-electron chi connectivity index (χ3n) is 3.23. The van der Waals surface area contributed by atoms with Crippen LogP contribution in [0.4, 0.5) is 5.69 Å². The second kappa shape index (κ2) is 4.71. The predicted molar refractivity (Wildman–Crippen MR) is 76.0 cm³/mol. The number of hydrogen-bond acceptors (Lipinski definition) is 3. The molecule has 0 saturated carbocycles. The van der Waals surface area contributed by atoms with Gasteiger partial charge >= 0.3 is 5.97 Å². The molecular formula is C15H8ClNO4. The number of carboxylic acids is 1. The number of halogens is 1. The maximum atomic E-state index is 12.4. The molecule has 0 aliphatic carbocycles. The van der Waals surface area contributed by atoms with Gasteiger partial charge in [-0.1, -0.05) is 23.7 Å². The van der Waals surface area contributed by atoms with Gasteiger partial charge in [-0.3, -0.25) is 9.59 Å². The fraction of sp³-hybridized carbons (Fsp3) is 0. The molecule has 1 N–H and O–H groups in total. The number of amides is 2. The van der Waals surface area contributed by atoms with E-state index >= 15 is 0 Å². The fourth-order valence-electron chi connectivity index (χ4n) is 2.28. The topological polar surface area (TPSA) is 74.7 Å². The second-order valence-electron chi connectivity index (χ2n) is 4.46. The van der Waals surface area contributed by atoms with Crippen molar-refractivity contribution in [3.8, 4) is 0 Å². The molecule has 1 aliphatic rings. The van der Waals surface area contributed by atoms with Crippen molar-refractivity contribution in [3.63, 3.8) is 0 Å². The number of carbonyl (C=O) groups is 3. The molecule has 2 aromatic rings. The number of aromatic carboxylic acids is 1. The molecule has 0 bridgehead atoms. The van der Waals surface area contributed by atoms with E-state index in [1.807, 2.05) is 0 Å². The summed E-state index contributed by atoms with van der Waals surface area (Å²) in [6, 6.07) is 10.3. The van der Waals surface area contributed by atoms with Gasteiger partial charge in [0.1, 0.15) is 0 Å². The first kappa shape index (κ1) is 13.3. The van der Waals surface area contributed by atoms with E-state index in [4.69, 9.17) is 11.6 Å². The van der Waals surface area contributed by atoms with Crippen LogP contribution in [-0.4, -0.2) is 22.9 Å². The molecule has 3 rings (SSSR count). The monoisotopic (exact) mass is 301 g/mol. The van der Waals surface area contributed by atoms with Gasteiger partial charge in [-0.05, 0) is 30.3 Å². The van der Waals surface area contributed by atoms with E-state index in [0.29, 0.717) is 0 Å². The quantitative estimate of drug-likeness (QED) is 0.866. The van der Waals surface area contributed by atoms with E-state index in [1.165, 1.54) is 30.3 Å². The smallest absolute Gasteiger partial charge is 0.337 e. The van der Waals surface area contributed by atoms with Crippen LogP contribution in [0, 0.1) is 0 Å². The highest BCUT2D eigenvalue weighted by Gasteiger charge is 2.38. The lowest BCUT2D eigenvalue weighted by atomic mass is 10.1. The van der Waals surface area contributed by atoms with Crippen LogP contribution < -0.4 is 4.90 Å². The van der Waals surface area contributed by atoms with Gasteiger partial charge in [-0.2, -0.15) is 0 Å². The van der Waals surface area contributed by atoms with Gasteiger partial charge in [0.05, 0.1) is 22.4 Å². The Hall–Kier alpha value is -2.66. The first-order valence-electron chi connectivity index (χ1n) is 6.01. The van der Waals surface area contributed by atoms with Crippen molar-refractivity contribution in [2.75, 3.05) is 4.90 Å². The molecule has 1 heterocycles. The minimum absolute atomic E-state index is 0.0267. The number of anilines is 1. The molecule has 21 heavy (non-hydrogen) atoms. The van der Waals surface area contributed by atoms with Gasteiger partial charge in [0.15, 0.2) is 0 Å². The summed E-state index contributed by atoms with van der Waals surface area (Å²) in [5.74, 6) is -2.35. The molecule has 1 aliphatic heterocycles. The number of fused-ring (bicyclic) bond motifs is 1. The Bertz CT molecular complexity index is 765. The van der Waals surface area contributed by atoms with Gasteiger partial charge < -0.3 is 5.11 Å². The van der Waals surface area contributed by atoms with Crippen molar-refractivity contribution in [1.82, 2.24) is 0 Å². The number of imide groups is 1. The largest absolute Gasteiger partial charge is 0.478 e. The Morgan fingerprint density at radius 3 is 2.10 bits per heavy atom. The van der Waals surface area contributed by atoms with Crippen molar-refractivity contribution >= 4 is 35.1 Å². The second-order valence-corrected chi connectivity index (χ2v) is 4.89. The maximum absolute atomic E-state index is 12.4. The lowest BCUT2D eigenvalue weighted by Crippen LogP contribution is -2.31. The van der Waals surface area contributed by atoms with Crippen LogP contribution in [0.25, 0.3) is 0 Å². The Balaban J connectivity index is 2.20. The van der Waals surface area contributed by atoms with Gasteiger partial charge in [-0.15, -0.1) is 0 Å². The average Bonchev–Trinajstić information content (AvgIpc) is 2.71. The van der Waals surface area contributed by atoms with E-state index in [2.05, 4.69) is 0 Å². The highest BCUT2D eigenvalue weighted by molar-refractivity contribution is 6.36. The van der Waals surface area contributed by atoms with Crippen LogP contribution in [0.2, 0.25) is 5.02 Å². The third-order valence-corrected chi connectivity index (χ3v) is 3.46. The summed E-state index contributed by atoms with van der Waals surface area (Å²) in [7, 11) is 0. The molecule has 0 saturated heterocycles. The Labute approximate surface area is 124 Å². The van der Waals surface area contributed by atoms with Crippen molar-refractivity contribution in [2.45, 2.75) is 0 Å². The zero-order chi connectivity index (χ0) is 15.1. The molecule has 104 valence electrons. The van der Waals surface area contributed by atoms with E-state index in [9.17, 15) is 19.5 Å². The van der Waals surface area contributed by atoms with Gasteiger partial charge in [0.25, 0.3) is 11.8 Å². The molecular weight excluding hydrogens is 294 g/mol. The first-order valence-corrected chi connectivity index (χ1v) is 6.39. The third kappa shape index (κ3) is 1.98. The van der Waals surface area contributed by atoms with Gasteiger partial charge in [0, 0.05) is 5.02 Å². The van der Waals surface area contributed by atoms with Crippen LogP contribution in [0.3, 0.4) is 0 Å². The Kier molecular flexibility index (Phi) is 2.99. The lowest BCUT2D eigenvalue weighted by molar-refractivity contribution is 0.0698. The molecule has 2 amide bonds. The Morgan fingerprint density at radius 2 is 1.57 bits per heavy atom. The van der Waals surface area contributed by atoms with Crippen LogP contribution in [-0.2, 0) is 0 Å². The normalized spacial score (nSPS) is 13.5. The van der Waals surface area contributed by atoms with E-state index in [0.717, 1.165) is 4.90 Å². The molecule has 0 fully saturated rings. The average molecular weight is 302 g/mol. The summed E-state index contributed by atoms with van der Waals surface area (Å²) in [5, 5.41) is 9.46. The van der Waals surface area contributed by atoms with E-state index < -0.39 is 17.8 Å². The molecule has 0 spiro atoms. The van der Waals surface area contributed by atoms with Crippen LogP contribution in [0.15, 0.2) is 42.5 Å². The molecule has 6 heteroatoms. The van der Waals surface area contributed by atoms with E-state index in [-0.39, 0.29) is 27.4 Å². The minimum atomic E-state index is -1.24. The Morgan fingerprint density at radius 1 is 1.00 bits per heavy atom. The zero-order valence-electron chi connectivity index (χ0n) is 10.5. The number of benzene rings is 2. The maximum Gasteiger partial charge on any atom is 0.337 e. The molecule has 0 atom stereocenters. The number of nitrogens with zero attached hydrogens (tertiary/aromatic N) is 1. The van der Waals surface area contributed by atoms with Crippen molar-refractivity contribution in [2.24, 2.45) is 0 Å². The lowest BCUT2D eigenvalue weighted by Gasteiger charge is -2.16. The number of carboxylic acid groups (broad SMARTS) is 1. The summed E-state index contributed by atoms with van der Waals surface area (Å²) < 4.78 is 0. The van der Waals surface area contributed by atoms with Gasteiger partial charge in [-0.25, -0.2) is 9.69 Å². The summed E-state index contributed by atoms with van der Waals surface area (Å²) >= 11 is 5.86. The van der Waals surface area contributed by atoms with Crippen molar-refractivity contribution in [1.29, 1.82) is 0 Å². The SMILES string of the molecule is O=C(O)c1ccc(Cl)cc1N1C(=O)c2ccccc2C1=O. The molecule has 0 radical (unpaired) electrons. The standard InChI is InChI=1S/C15H8ClNO4/c16-8-5-6-11(15(20)21)12(7-8)17-13(18)9-3-1-2-4-10(9)14(17)19/h1-7H,(H,20,21). The fourth-order valence-corrected chi connectivity index (χ4v) is 2.45. The highest BCUT2D eigenvalue weighted by atomic mass is 35.5. The summed E-state index contributed by atoms with van der Waals surface area (Å²) in [6.07, 6.45) is 0.